The summed E-state index contributed by atoms with van der Waals surface area (Å²) >= 11 is 0. The van der Waals surface area contributed by atoms with Crippen molar-refractivity contribution in [2.45, 2.75) is 47.0 Å². The summed E-state index contributed by atoms with van der Waals surface area (Å²) in [6.07, 6.45) is 4.04. The van der Waals surface area contributed by atoms with Gasteiger partial charge in [-0.2, -0.15) is 0 Å². The van der Waals surface area contributed by atoms with Gasteiger partial charge in [-0.05, 0) is 37.3 Å². The van der Waals surface area contributed by atoms with Gasteiger partial charge in [-0.1, -0.05) is 34.1 Å². The predicted molar refractivity (Wildman–Crippen MR) is 71.8 cm³/mol. The zero-order valence-electron chi connectivity index (χ0n) is 11.9. The number of hydrogen-bond acceptors (Lipinski definition) is 2. The zero-order valence-corrected chi connectivity index (χ0v) is 11.9. The second-order valence-electron chi connectivity index (χ2n) is 6.91. The van der Waals surface area contributed by atoms with E-state index in [1.807, 2.05) is 0 Å². The Balaban J connectivity index is 2.48. The molecule has 0 bridgehead atoms. The van der Waals surface area contributed by atoms with E-state index in [9.17, 15) is 0 Å². The Hall–Kier alpha value is -0.0800. The van der Waals surface area contributed by atoms with Gasteiger partial charge in [0.15, 0.2) is 0 Å². The molecule has 0 aromatic rings. The van der Waals surface area contributed by atoms with Crippen LogP contribution in [0.3, 0.4) is 0 Å². The minimum Gasteiger partial charge on any atom is -0.316 e. The van der Waals surface area contributed by atoms with Crippen molar-refractivity contribution >= 4 is 0 Å². The molecule has 0 amide bonds. The zero-order chi connectivity index (χ0) is 12.2. The van der Waals surface area contributed by atoms with Crippen LogP contribution in [-0.4, -0.2) is 38.1 Å². The Bertz CT molecular complexity index is 199. The fourth-order valence-electron chi connectivity index (χ4n) is 3.19. The average Bonchev–Trinajstić information content (AvgIpc) is 2.49. The van der Waals surface area contributed by atoms with Crippen LogP contribution >= 0.6 is 0 Å². The Morgan fingerprint density at radius 3 is 2.44 bits per heavy atom. The molecule has 1 atom stereocenters. The minimum absolute atomic E-state index is 0.411. The van der Waals surface area contributed by atoms with Crippen molar-refractivity contribution in [2.24, 2.45) is 10.8 Å². The Kier molecular flexibility index (Phi) is 4.81. The molecule has 0 aromatic heterocycles. The molecule has 1 aliphatic heterocycles. The summed E-state index contributed by atoms with van der Waals surface area (Å²) in [5.74, 6) is 0. The van der Waals surface area contributed by atoms with Gasteiger partial charge in [-0.3, -0.25) is 0 Å². The van der Waals surface area contributed by atoms with Crippen LogP contribution in [-0.2, 0) is 0 Å². The molecule has 16 heavy (non-hydrogen) atoms. The number of rotatable bonds is 5. The monoisotopic (exact) mass is 226 g/mol. The van der Waals surface area contributed by atoms with E-state index in [-0.39, 0.29) is 0 Å². The minimum atomic E-state index is 0.411. The maximum Gasteiger partial charge on any atom is 0.00478 e. The summed E-state index contributed by atoms with van der Waals surface area (Å²) in [4.78, 5) is 2.53. The molecule has 1 fully saturated rings. The molecule has 1 saturated heterocycles. The highest BCUT2D eigenvalue weighted by Crippen LogP contribution is 2.32. The predicted octanol–water partition coefficient (Wildman–Crippen LogP) is 2.74. The van der Waals surface area contributed by atoms with Crippen LogP contribution in [0.4, 0.5) is 0 Å². The van der Waals surface area contributed by atoms with Crippen LogP contribution in [0.1, 0.15) is 47.0 Å². The fourth-order valence-corrected chi connectivity index (χ4v) is 3.19. The Morgan fingerprint density at radius 1 is 1.31 bits per heavy atom. The first-order valence-corrected chi connectivity index (χ1v) is 6.76. The molecule has 0 aliphatic carbocycles. The first kappa shape index (κ1) is 14.0. The van der Waals surface area contributed by atoms with Gasteiger partial charge in [-0.25, -0.2) is 0 Å². The third kappa shape index (κ3) is 4.42. The highest BCUT2D eigenvalue weighted by atomic mass is 15.1. The highest BCUT2D eigenvalue weighted by molar-refractivity contribution is 4.90. The lowest BCUT2D eigenvalue weighted by molar-refractivity contribution is 0.141. The van der Waals surface area contributed by atoms with Crippen LogP contribution in [0.25, 0.3) is 0 Å². The van der Waals surface area contributed by atoms with Gasteiger partial charge in [0.05, 0.1) is 0 Å². The van der Waals surface area contributed by atoms with Crippen molar-refractivity contribution in [1.29, 1.82) is 0 Å². The molecular weight excluding hydrogens is 196 g/mol. The first-order valence-electron chi connectivity index (χ1n) is 6.76. The molecular formula is C14H30N2. The topological polar surface area (TPSA) is 15.3 Å². The maximum absolute atomic E-state index is 3.54. The van der Waals surface area contributed by atoms with E-state index in [4.69, 9.17) is 0 Å². The summed E-state index contributed by atoms with van der Waals surface area (Å²) in [6, 6.07) is 0. The van der Waals surface area contributed by atoms with E-state index in [1.165, 1.54) is 45.4 Å². The largest absolute Gasteiger partial charge is 0.316 e. The molecule has 1 unspecified atom stereocenters. The van der Waals surface area contributed by atoms with Gasteiger partial charge in [0.25, 0.3) is 0 Å². The second kappa shape index (κ2) is 5.50. The summed E-state index contributed by atoms with van der Waals surface area (Å²) in [5, 5.41) is 3.54. The number of hydrogen-bond donors (Lipinski definition) is 1. The van der Waals surface area contributed by atoms with Crippen molar-refractivity contribution in [3.05, 3.63) is 0 Å². The van der Waals surface area contributed by atoms with Gasteiger partial charge >= 0.3 is 0 Å². The average molecular weight is 226 g/mol. The third-order valence-corrected chi connectivity index (χ3v) is 3.46. The summed E-state index contributed by atoms with van der Waals surface area (Å²) < 4.78 is 0. The quantitative estimate of drug-likeness (QED) is 0.775. The molecule has 2 nitrogen and oxygen atoms in total. The molecule has 1 N–H and O–H groups in total. The van der Waals surface area contributed by atoms with Crippen molar-refractivity contribution in [2.75, 3.05) is 33.2 Å². The Labute approximate surface area is 102 Å². The van der Waals surface area contributed by atoms with Crippen LogP contribution < -0.4 is 5.32 Å². The molecule has 0 saturated carbocycles. The summed E-state index contributed by atoms with van der Waals surface area (Å²) in [5.41, 5.74) is 0.961. The van der Waals surface area contributed by atoms with Crippen molar-refractivity contribution in [1.82, 2.24) is 10.2 Å². The lowest BCUT2D eigenvalue weighted by Crippen LogP contribution is -2.40. The molecule has 1 rings (SSSR count). The fraction of sp³-hybridized carbons (Fsp3) is 1.00. The van der Waals surface area contributed by atoms with Crippen LogP contribution in [0.2, 0.25) is 0 Å². The number of nitrogens with zero attached hydrogens (tertiary/aromatic N) is 1. The third-order valence-electron chi connectivity index (χ3n) is 3.46. The highest BCUT2D eigenvalue weighted by Gasteiger charge is 2.34. The number of nitrogens with one attached hydrogen (secondary N) is 1. The standard InChI is InChI=1S/C14H30N2/c1-6-7-14(8-9-15-10-14)12-16(5)11-13(2,3)4/h15H,6-12H2,1-5H3. The van der Waals surface area contributed by atoms with Gasteiger partial charge < -0.3 is 10.2 Å². The second-order valence-corrected chi connectivity index (χ2v) is 6.91. The maximum atomic E-state index is 3.54. The lowest BCUT2D eigenvalue weighted by atomic mass is 9.81. The molecule has 0 aromatic carbocycles. The van der Waals surface area contributed by atoms with Crippen molar-refractivity contribution in [3.63, 3.8) is 0 Å². The summed E-state index contributed by atoms with van der Waals surface area (Å²) in [7, 11) is 2.28. The van der Waals surface area contributed by atoms with E-state index in [1.54, 1.807) is 0 Å². The summed E-state index contributed by atoms with van der Waals surface area (Å²) in [6.45, 7) is 14.2. The van der Waals surface area contributed by atoms with Crippen molar-refractivity contribution in [3.8, 4) is 0 Å². The van der Waals surface area contributed by atoms with Crippen molar-refractivity contribution < 1.29 is 0 Å². The van der Waals surface area contributed by atoms with Gasteiger partial charge in [-0.15, -0.1) is 0 Å². The molecule has 0 radical (unpaired) electrons. The molecule has 96 valence electrons. The molecule has 1 aliphatic rings. The SMILES string of the molecule is CCCC1(CN(C)CC(C)(C)C)CCNC1. The van der Waals surface area contributed by atoms with Gasteiger partial charge in [0.2, 0.25) is 0 Å². The molecule has 0 spiro atoms. The van der Waals surface area contributed by atoms with Crippen LogP contribution in [0.15, 0.2) is 0 Å². The van der Waals surface area contributed by atoms with Gasteiger partial charge in [0, 0.05) is 19.6 Å². The van der Waals surface area contributed by atoms with E-state index >= 15 is 0 Å². The smallest absolute Gasteiger partial charge is 0.00478 e. The van der Waals surface area contributed by atoms with E-state index in [0.29, 0.717) is 10.8 Å². The van der Waals surface area contributed by atoms with Gasteiger partial charge in [0.1, 0.15) is 0 Å². The Morgan fingerprint density at radius 2 is 2.00 bits per heavy atom. The van der Waals surface area contributed by atoms with Crippen LogP contribution in [0.5, 0.6) is 0 Å². The van der Waals surface area contributed by atoms with E-state index in [2.05, 4.69) is 45.0 Å². The molecule has 2 heteroatoms. The lowest BCUT2D eigenvalue weighted by Gasteiger charge is -2.35. The van der Waals surface area contributed by atoms with Crippen LogP contribution in [0, 0.1) is 10.8 Å². The van der Waals surface area contributed by atoms with E-state index in [0.717, 1.165) is 0 Å². The van der Waals surface area contributed by atoms with E-state index < -0.39 is 0 Å². The normalized spacial score (nSPS) is 26.6. The molecule has 1 heterocycles. The first-order chi connectivity index (χ1) is 7.37.